The molecule has 27 heavy (non-hydrogen) atoms. The SMILES string of the molecule is CCOC(=O)N1CCC(NC(N)=NCC(C)(C)c2ccccc2C)CC1.I. The van der Waals surface area contributed by atoms with Crippen molar-refractivity contribution in [2.45, 2.75) is 52.0 Å². The van der Waals surface area contributed by atoms with Crippen LogP contribution in [-0.2, 0) is 10.2 Å². The van der Waals surface area contributed by atoms with Crippen LogP contribution in [0.25, 0.3) is 0 Å². The smallest absolute Gasteiger partial charge is 0.409 e. The molecule has 6 nitrogen and oxygen atoms in total. The molecule has 1 fully saturated rings. The van der Waals surface area contributed by atoms with Crippen molar-refractivity contribution in [2.75, 3.05) is 26.2 Å². The molecule has 0 atom stereocenters. The highest BCUT2D eigenvalue weighted by molar-refractivity contribution is 14.0. The second-order valence-corrected chi connectivity index (χ2v) is 7.50. The van der Waals surface area contributed by atoms with Gasteiger partial charge in [-0.3, -0.25) is 4.99 Å². The monoisotopic (exact) mass is 488 g/mol. The molecule has 0 saturated carbocycles. The van der Waals surface area contributed by atoms with Gasteiger partial charge in [-0.25, -0.2) is 4.79 Å². The second kappa shape index (κ2) is 10.7. The van der Waals surface area contributed by atoms with Crippen LogP contribution < -0.4 is 11.1 Å². The van der Waals surface area contributed by atoms with Gasteiger partial charge >= 0.3 is 6.09 Å². The average Bonchev–Trinajstić information content (AvgIpc) is 2.61. The average molecular weight is 488 g/mol. The number of amides is 1. The molecule has 0 aliphatic carbocycles. The van der Waals surface area contributed by atoms with E-state index in [9.17, 15) is 4.79 Å². The number of aryl methyl sites for hydroxylation is 1. The Balaban J connectivity index is 0.00000364. The number of guanidine groups is 1. The van der Waals surface area contributed by atoms with E-state index in [-0.39, 0.29) is 41.5 Å². The van der Waals surface area contributed by atoms with E-state index in [1.807, 2.05) is 6.92 Å². The normalized spacial score (nSPS) is 15.9. The van der Waals surface area contributed by atoms with Gasteiger partial charge in [0.2, 0.25) is 0 Å². The zero-order valence-electron chi connectivity index (χ0n) is 16.8. The molecule has 7 heteroatoms. The Bertz CT molecular complexity index is 641. The lowest BCUT2D eigenvalue weighted by Crippen LogP contribution is -2.48. The number of halogens is 1. The summed E-state index contributed by atoms with van der Waals surface area (Å²) in [6.45, 7) is 10.7. The molecule has 0 aromatic heterocycles. The Morgan fingerprint density at radius 1 is 1.33 bits per heavy atom. The molecule has 1 amide bonds. The highest BCUT2D eigenvalue weighted by Gasteiger charge is 2.25. The first kappa shape index (κ1) is 23.5. The van der Waals surface area contributed by atoms with Crippen LogP contribution >= 0.6 is 24.0 Å². The van der Waals surface area contributed by atoms with Crippen LogP contribution in [0, 0.1) is 6.92 Å². The zero-order chi connectivity index (χ0) is 19.2. The Labute approximate surface area is 179 Å². The second-order valence-electron chi connectivity index (χ2n) is 7.50. The van der Waals surface area contributed by atoms with Gasteiger partial charge in [-0.2, -0.15) is 0 Å². The fourth-order valence-electron chi connectivity index (χ4n) is 3.38. The first-order valence-corrected chi connectivity index (χ1v) is 9.37. The van der Waals surface area contributed by atoms with Crippen LogP contribution in [0.15, 0.2) is 29.3 Å². The number of benzene rings is 1. The van der Waals surface area contributed by atoms with Crippen molar-refractivity contribution in [3.63, 3.8) is 0 Å². The molecule has 1 aromatic rings. The molecule has 152 valence electrons. The minimum absolute atomic E-state index is 0. The topological polar surface area (TPSA) is 80.0 Å². The molecule has 1 saturated heterocycles. The Kier molecular flexibility index (Phi) is 9.35. The molecule has 3 N–H and O–H groups in total. The molecule has 2 rings (SSSR count). The summed E-state index contributed by atoms with van der Waals surface area (Å²) in [5.41, 5.74) is 8.59. The summed E-state index contributed by atoms with van der Waals surface area (Å²) in [5, 5.41) is 3.30. The highest BCUT2D eigenvalue weighted by Crippen LogP contribution is 2.26. The molecular weight excluding hydrogens is 455 g/mol. The number of hydrogen-bond donors (Lipinski definition) is 2. The summed E-state index contributed by atoms with van der Waals surface area (Å²) in [6.07, 6.45) is 1.46. The number of piperidine rings is 1. The van der Waals surface area contributed by atoms with Crippen LogP contribution in [0.2, 0.25) is 0 Å². The first-order chi connectivity index (χ1) is 12.3. The van der Waals surface area contributed by atoms with Crippen molar-refractivity contribution in [2.24, 2.45) is 10.7 Å². The van der Waals surface area contributed by atoms with Crippen molar-refractivity contribution in [3.8, 4) is 0 Å². The number of nitrogens with one attached hydrogen (secondary N) is 1. The molecule has 0 bridgehead atoms. The number of nitrogens with two attached hydrogens (primary N) is 1. The molecule has 0 unspecified atom stereocenters. The number of carbonyl (C=O) groups is 1. The summed E-state index contributed by atoms with van der Waals surface area (Å²) in [4.78, 5) is 18.1. The quantitative estimate of drug-likeness (QED) is 0.378. The Hall–Kier alpha value is -1.51. The minimum atomic E-state index is -0.229. The Morgan fingerprint density at radius 2 is 1.96 bits per heavy atom. The van der Waals surface area contributed by atoms with E-state index in [2.05, 4.69) is 55.3 Å². The first-order valence-electron chi connectivity index (χ1n) is 9.37. The molecule has 0 radical (unpaired) electrons. The number of aliphatic imine (C=N–C) groups is 1. The summed E-state index contributed by atoms with van der Waals surface area (Å²) in [6, 6.07) is 8.63. The number of ether oxygens (including phenoxy) is 1. The van der Waals surface area contributed by atoms with Crippen LogP contribution in [0.3, 0.4) is 0 Å². The van der Waals surface area contributed by atoms with Gasteiger partial charge in [0.05, 0.1) is 13.2 Å². The van der Waals surface area contributed by atoms with Crippen molar-refractivity contribution in [3.05, 3.63) is 35.4 Å². The van der Waals surface area contributed by atoms with Crippen molar-refractivity contribution < 1.29 is 9.53 Å². The van der Waals surface area contributed by atoms with E-state index in [1.54, 1.807) is 4.90 Å². The van der Waals surface area contributed by atoms with E-state index >= 15 is 0 Å². The summed E-state index contributed by atoms with van der Waals surface area (Å²) >= 11 is 0. The minimum Gasteiger partial charge on any atom is -0.450 e. The van der Waals surface area contributed by atoms with Crippen LogP contribution in [0.4, 0.5) is 4.79 Å². The standard InChI is InChI=1S/C20H32N4O2.HI/c1-5-26-19(25)24-12-10-16(11-13-24)23-18(21)22-14-20(3,4)17-9-7-6-8-15(17)2;/h6-9,16H,5,10-14H2,1-4H3,(H3,21,22,23);1H. The van der Waals surface area contributed by atoms with Gasteiger partial charge in [-0.05, 0) is 37.8 Å². The number of nitrogens with zero attached hydrogens (tertiary/aromatic N) is 2. The number of rotatable bonds is 5. The molecule has 1 aliphatic rings. The lowest BCUT2D eigenvalue weighted by molar-refractivity contribution is 0.0963. The summed E-state index contributed by atoms with van der Waals surface area (Å²) in [5.74, 6) is 0.473. The van der Waals surface area contributed by atoms with Gasteiger partial charge in [-0.15, -0.1) is 24.0 Å². The Morgan fingerprint density at radius 3 is 2.56 bits per heavy atom. The lowest BCUT2D eigenvalue weighted by Gasteiger charge is -2.32. The summed E-state index contributed by atoms with van der Waals surface area (Å²) < 4.78 is 5.04. The predicted octanol–water partition coefficient (Wildman–Crippen LogP) is 3.42. The third-order valence-corrected chi connectivity index (χ3v) is 4.89. The van der Waals surface area contributed by atoms with Crippen LogP contribution in [0.1, 0.15) is 44.7 Å². The van der Waals surface area contributed by atoms with Crippen molar-refractivity contribution in [1.29, 1.82) is 0 Å². The van der Waals surface area contributed by atoms with Gasteiger partial charge in [0.1, 0.15) is 0 Å². The predicted molar refractivity (Wildman–Crippen MR) is 121 cm³/mol. The van der Waals surface area contributed by atoms with E-state index in [0.717, 1.165) is 12.8 Å². The maximum Gasteiger partial charge on any atom is 0.409 e. The maximum atomic E-state index is 11.7. The zero-order valence-corrected chi connectivity index (χ0v) is 19.2. The molecule has 1 aliphatic heterocycles. The molecule has 0 spiro atoms. The fourth-order valence-corrected chi connectivity index (χ4v) is 3.38. The fraction of sp³-hybridized carbons (Fsp3) is 0.600. The van der Waals surface area contributed by atoms with Crippen LogP contribution in [0.5, 0.6) is 0 Å². The van der Waals surface area contributed by atoms with Gasteiger partial charge in [0, 0.05) is 24.5 Å². The van der Waals surface area contributed by atoms with Gasteiger partial charge in [0.15, 0.2) is 5.96 Å². The van der Waals surface area contributed by atoms with E-state index in [0.29, 0.717) is 32.2 Å². The van der Waals surface area contributed by atoms with Crippen molar-refractivity contribution >= 4 is 36.0 Å². The maximum absolute atomic E-state index is 11.7. The van der Waals surface area contributed by atoms with E-state index < -0.39 is 0 Å². The summed E-state index contributed by atoms with van der Waals surface area (Å²) in [7, 11) is 0. The molecule has 1 heterocycles. The third kappa shape index (κ3) is 6.86. The van der Waals surface area contributed by atoms with Gasteiger partial charge in [0.25, 0.3) is 0 Å². The molecule has 1 aromatic carbocycles. The highest BCUT2D eigenvalue weighted by atomic mass is 127. The van der Waals surface area contributed by atoms with Gasteiger partial charge < -0.3 is 20.7 Å². The van der Waals surface area contributed by atoms with Gasteiger partial charge in [-0.1, -0.05) is 38.1 Å². The lowest BCUT2D eigenvalue weighted by atomic mass is 9.82. The number of carbonyl (C=O) groups excluding carboxylic acids is 1. The van der Waals surface area contributed by atoms with E-state index in [1.165, 1.54) is 11.1 Å². The third-order valence-electron chi connectivity index (χ3n) is 4.89. The number of likely N-dealkylation sites (tertiary alicyclic amines) is 1. The largest absolute Gasteiger partial charge is 0.450 e. The van der Waals surface area contributed by atoms with Crippen molar-refractivity contribution in [1.82, 2.24) is 10.2 Å². The number of hydrogen-bond acceptors (Lipinski definition) is 3. The molecular formula is C20H33IN4O2. The van der Waals surface area contributed by atoms with Crippen LogP contribution in [-0.4, -0.2) is 49.2 Å². The van der Waals surface area contributed by atoms with E-state index in [4.69, 9.17) is 10.5 Å².